The highest BCUT2D eigenvalue weighted by Gasteiger charge is 2.24. The molecule has 1 aliphatic heterocycles. The molecule has 1 aromatic carbocycles. The fourth-order valence-corrected chi connectivity index (χ4v) is 3.62. The van der Waals surface area contributed by atoms with E-state index < -0.39 is 0 Å². The second-order valence-electron chi connectivity index (χ2n) is 7.13. The predicted octanol–water partition coefficient (Wildman–Crippen LogP) is 1.87. The number of fused-ring (bicyclic) bond motifs is 1. The minimum atomic E-state index is -0.0699. The van der Waals surface area contributed by atoms with Crippen LogP contribution >= 0.6 is 0 Å². The van der Waals surface area contributed by atoms with Gasteiger partial charge in [-0.25, -0.2) is 4.52 Å². The number of benzene rings is 1. The number of carbonyl (C=O) groups excluding carboxylic acids is 1. The molecule has 0 N–H and O–H groups in total. The molecule has 0 spiro atoms. The van der Waals surface area contributed by atoms with Gasteiger partial charge >= 0.3 is 0 Å². The van der Waals surface area contributed by atoms with Gasteiger partial charge in [0.1, 0.15) is 0 Å². The van der Waals surface area contributed by atoms with Crippen LogP contribution in [0.4, 0.5) is 0 Å². The van der Waals surface area contributed by atoms with Crippen molar-refractivity contribution in [2.24, 2.45) is 0 Å². The van der Waals surface area contributed by atoms with Crippen molar-refractivity contribution in [3.8, 4) is 5.69 Å². The Morgan fingerprint density at radius 2 is 1.72 bits per heavy atom. The van der Waals surface area contributed by atoms with E-state index in [0.717, 1.165) is 36.5 Å². The summed E-state index contributed by atoms with van der Waals surface area (Å²) in [5.41, 5.74) is 3.35. The third-order valence-electron chi connectivity index (χ3n) is 5.16. The molecule has 5 rings (SSSR count). The second-order valence-corrected chi connectivity index (χ2v) is 7.13. The minimum absolute atomic E-state index is 0.0699. The first-order valence-electron chi connectivity index (χ1n) is 9.69. The third-order valence-corrected chi connectivity index (χ3v) is 5.16. The van der Waals surface area contributed by atoms with Crippen molar-refractivity contribution in [1.82, 2.24) is 34.4 Å². The standard InChI is InChI=1S/C21H21N7O/c29-21(20-15-22-28(24-20)18-6-2-1-3-7-18)26-12-10-25(11-13-26)16-17-14-19-8-4-5-9-27(19)23-17/h1-9,14-15H,10-13,16H2. The summed E-state index contributed by atoms with van der Waals surface area (Å²) in [4.78, 5) is 18.5. The van der Waals surface area contributed by atoms with Crippen molar-refractivity contribution >= 4 is 11.4 Å². The Hall–Kier alpha value is -3.52. The molecule has 3 aromatic heterocycles. The van der Waals surface area contributed by atoms with Gasteiger partial charge in [-0.15, -0.1) is 5.10 Å². The van der Waals surface area contributed by atoms with Crippen LogP contribution in [0, 0.1) is 0 Å². The molecule has 0 unspecified atom stereocenters. The fourth-order valence-electron chi connectivity index (χ4n) is 3.62. The van der Waals surface area contributed by atoms with Crippen molar-refractivity contribution in [2.75, 3.05) is 26.2 Å². The molecule has 146 valence electrons. The van der Waals surface area contributed by atoms with Gasteiger partial charge in [0, 0.05) is 38.9 Å². The Morgan fingerprint density at radius 3 is 2.52 bits per heavy atom. The van der Waals surface area contributed by atoms with Gasteiger partial charge in [-0.3, -0.25) is 9.69 Å². The van der Waals surface area contributed by atoms with Crippen LogP contribution in [0.15, 0.2) is 67.0 Å². The van der Waals surface area contributed by atoms with E-state index in [-0.39, 0.29) is 5.91 Å². The molecule has 0 radical (unpaired) electrons. The maximum Gasteiger partial charge on any atom is 0.276 e. The number of hydrogen-bond acceptors (Lipinski definition) is 5. The first-order chi connectivity index (χ1) is 14.3. The van der Waals surface area contributed by atoms with E-state index in [0.29, 0.717) is 18.8 Å². The zero-order valence-corrected chi connectivity index (χ0v) is 15.9. The lowest BCUT2D eigenvalue weighted by atomic mass is 10.2. The normalized spacial score (nSPS) is 15.1. The maximum absolute atomic E-state index is 12.8. The van der Waals surface area contributed by atoms with Crippen LogP contribution in [-0.4, -0.2) is 66.5 Å². The molecule has 8 nitrogen and oxygen atoms in total. The SMILES string of the molecule is O=C(c1cnn(-c2ccccc2)n1)N1CCN(Cc2cc3ccccn3n2)CC1. The minimum Gasteiger partial charge on any atom is -0.335 e. The van der Waals surface area contributed by atoms with E-state index in [1.54, 1.807) is 6.20 Å². The number of aromatic nitrogens is 5. The van der Waals surface area contributed by atoms with Crippen molar-refractivity contribution in [3.63, 3.8) is 0 Å². The summed E-state index contributed by atoms with van der Waals surface area (Å²) in [6, 6.07) is 17.7. The summed E-state index contributed by atoms with van der Waals surface area (Å²) >= 11 is 0. The van der Waals surface area contributed by atoms with Crippen molar-refractivity contribution in [3.05, 3.63) is 78.4 Å². The number of pyridine rings is 1. The molecular weight excluding hydrogens is 366 g/mol. The predicted molar refractivity (Wildman–Crippen MR) is 108 cm³/mol. The summed E-state index contributed by atoms with van der Waals surface area (Å²) < 4.78 is 1.89. The van der Waals surface area contributed by atoms with E-state index in [4.69, 9.17) is 0 Å². The Balaban J connectivity index is 1.20. The summed E-state index contributed by atoms with van der Waals surface area (Å²) in [6.07, 6.45) is 3.50. The summed E-state index contributed by atoms with van der Waals surface area (Å²) in [6.45, 7) is 3.75. The molecular formula is C21H21N7O. The van der Waals surface area contributed by atoms with Crippen LogP contribution in [0.3, 0.4) is 0 Å². The number of para-hydroxylation sites is 1. The highest BCUT2D eigenvalue weighted by molar-refractivity contribution is 5.92. The lowest BCUT2D eigenvalue weighted by Gasteiger charge is -2.33. The van der Waals surface area contributed by atoms with Gasteiger partial charge in [0.05, 0.1) is 23.1 Å². The zero-order valence-electron chi connectivity index (χ0n) is 15.9. The molecule has 0 saturated carbocycles. The van der Waals surface area contributed by atoms with Crippen LogP contribution in [-0.2, 0) is 6.54 Å². The van der Waals surface area contributed by atoms with E-state index in [2.05, 4.69) is 32.3 Å². The number of rotatable bonds is 4. The van der Waals surface area contributed by atoms with Crippen LogP contribution in [0.1, 0.15) is 16.2 Å². The van der Waals surface area contributed by atoms with E-state index in [1.807, 2.05) is 58.1 Å². The monoisotopic (exact) mass is 387 g/mol. The molecule has 4 aromatic rings. The average molecular weight is 387 g/mol. The summed E-state index contributed by atoms with van der Waals surface area (Å²) in [7, 11) is 0. The van der Waals surface area contributed by atoms with Crippen LogP contribution < -0.4 is 0 Å². The number of carbonyl (C=O) groups is 1. The first kappa shape index (κ1) is 17.6. The van der Waals surface area contributed by atoms with Gasteiger partial charge in [0.25, 0.3) is 5.91 Å². The smallest absolute Gasteiger partial charge is 0.276 e. The van der Waals surface area contributed by atoms with E-state index in [9.17, 15) is 4.79 Å². The molecule has 1 fully saturated rings. The van der Waals surface area contributed by atoms with Crippen LogP contribution in [0.2, 0.25) is 0 Å². The Morgan fingerprint density at radius 1 is 0.931 bits per heavy atom. The highest BCUT2D eigenvalue weighted by atomic mass is 16.2. The highest BCUT2D eigenvalue weighted by Crippen LogP contribution is 2.13. The second kappa shape index (κ2) is 7.48. The molecule has 1 saturated heterocycles. The zero-order chi connectivity index (χ0) is 19.6. The summed E-state index contributed by atoms with van der Waals surface area (Å²) in [5.74, 6) is -0.0699. The van der Waals surface area contributed by atoms with Gasteiger partial charge in [-0.2, -0.15) is 15.0 Å². The number of hydrogen-bond donors (Lipinski definition) is 0. The Kier molecular flexibility index (Phi) is 4.53. The molecule has 1 amide bonds. The molecule has 4 heterocycles. The van der Waals surface area contributed by atoms with Gasteiger partial charge in [-0.1, -0.05) is 24.3 Å². The Bertz CT molecular complexity index is 1090. The lowest BCUT2D eigenvalue weighted by Crippen LogP contribution is -2.48. The van der Waals surface area contributed by atoms with Crippen LogP contribution in [0.5, 0.6) is 0 Å². The van der Waals surface area contributed by atoms with Gasteiger partial charge in [0.15, 0.2) is 5.69 Å². The topological polar surface area (TPSA) is 71.6 Å². The van der Waals surface area contributed by atoms with Crippen LogP contribution in [0.25, 0.3) is 11.2 Å². The molecule has 0 aliphatic carbocycles. The molecule has 1 aliphatic rings. The lowest BCUT2D eigenvalue weighted by molar-refractivity contribution is 0.0620. The van der Waals surface area contributed by atoms with E-state index >= 15 is 0 Å². The molecule has 8 heteroatoms. The molecule has 29 heavy (non-hydrogen) atoms. The number of amides is 1. The summed E-state index contributed by atoms with van der Waals surface area (Å²) in [5, 5.41) is 13.2. The maximum atomic E-state index is 12.8. The van der Waals surface area contributed by atoms with Crippen molar-refractivity contribution in [1.29, 1.82) is 0 Å². The number of piperazine rings is 1. The quantitative estimate of drug-likeness (QED) is 0.535. The van der Waals surface area contributed by atoms with Crippen molar-refractivity contribution in [2.45, 2.75) is 6.54 Å². The van der Waals surface area contributed by atoms with Gasteiger partial charge in [-0.05, 0) is 30.3 Å². The third kappa shape index (κ3) is 3.62. The molecule has 0 bridgehead atoms. The number of nitrogens with zero attached hydrogens (tertiary/aromatic N) is 7. The van der Waals surface area contributed by atoms with Crippen molar-refractivity contribution < 1.29 is 4.79 Å². The van der Waals surface area contributed by atoms with Gasteiger partial charge < -0.3 is 4.90 Å². The average Bonchev–Trinajstić information content (AvgIpc) is 3.41. The van der Waals surface area contributed by atoms with E-state index in [1.165, 1.54) is 4.80 Å². The molecule has 0 atom stereocenters. The Labute approximate surface area is 168 Å². The van der Waals surface area contributed by atoms with Gasteiger partial charge in [0.2, 0.25) is 0 Å². The largest absolute Gasteiger partial charge is 0.335 e. The first-order valence-corrected chi connectivity index (χ1v) is 9.69. The fraction of sp³-hybridized carbons (Fsp3) is 0.238.